The zero-order valence-corrected chi connectivity index (χ0v) is 10.9. The van der Waals surface area contributed by atoms with Crippen LogP contribution in [0, 0.1) is 0 Å². The van der Waals surface area contributed by atoms with Crippen LogP contribution in [-0.2, 0) is 9.47 Å². The van der Waals surface area contributed by atoms with E-state index in [1.54, 1.807) is 6.92 Å². The Morgan fingerprint density at radius 2 is 1.89 bits per heavy atom. The van der Waals surface area contributed by atoms with Gasteiger partial charge in [0.2, 0.25) is 0 Å². The zero-order valence-electron chi connectivity index (χ0n) is 10.9. The molecule has 4 nitrogen and oxygen atoms in total. The predicted molar refractivity (Wildman–Crippen MR) is 71.5 cm³/mol. The molecule has 18 heavy (non-hydrogen) atoms. The minimum Gasteiger partial charge on any atom is -0.492 e. The first kappa shape index (κ1) is 14.5. The topological polar surface area (TPSA) is 39.7 Å². The van der Waals surface area contributed by atoms with E-state index < -0.39 is 0 Å². The summed E-state index contributed by atoms with van der Waals surface area (Å²) in [7, 11) is 0. The lowest BCUT2D eigenvalue weighted by molar-refractivity contribution is -0.0206. The van der Waals surface area contributed by atoms with Crippen LogP contribution < -0.4 is 10.1 Å². The summed E-state index contributed by atoms with van der Waals surface area (Å²) >= 11 is 0. The Bertz CT molecular complexity index is 327. The first-order chi connectivity index (χ1) is 8.79. The predicted octanol–water partition coefficient (Wildman–Crippen LogP) is 2.18. The van der Waals surface area contributed by atoms with Crippen molar-refractivity contribution in [1.82, 2.24) is 5.32 Å². The minimum atomic E-state index is 0.261. The maximum Gasteiger partial charge on any atom is 0.188 e. The van der Waals surface area contributed by atoms with Gasteiger partial charge in [-0.2, -0.15) is 0 Å². The van der Waals surface area contributed by atoms with E-state index in [2.05, 4.69) is 11.9 Å². The summed E-state index contributed by atoms with van der Waals surface area (Å²) in [5, 5.41) is 3.22. The van der Waals surface area contributed by atoms with Crippen LogP contribution in [0.3, 0.4) is 0 Å². The molecular formula is C14H21NO3. The van der Waals surface area contributed by atoms with Crippen molar-refractivity contribution in [2.24, 2.45) is 0 Å². The van der Waals surface area contributed by atoms with Crippen molar-refractivity contribution in [2.75, 3.05) is 33.1 Å². The van der Waals surface area contributed by atoms with E-state index in [1.165, 1.54) is 0 Å². The van der Waals surface area contributed by atoms with Gasteiger partial charge >= 0.3 is 0 Å². The van der Waals surface area contributed by atoms with E-state index in [0.717, 1.165) is 18.8 Å². The number of rotatable bonds is 10. The van der Waals surface area contributed by atoms with E-state index in [-0.39, 0.29) is 6.79 Å². The molecule has 0 spiro atoms. The average molecular weight is 251 g/mol. The molecule has 0 saturated heterocycles. The summed E-state index contributed by atoms with van der Waals surface area (Å²) in [6, 6.07) is 9.77. The molecule has 0 aliphatic carbocycles. The molecule has 0 aliphatic rings. The molecule has 0 heterocycles. The van der Waals surface area contributed by atoms with E-state index >= 15 is 0 Å². The first-order valence-electron chi connectivity index (χ1n) is 6.03. The van der Waals surface area contributed by atoms with Gasteiger partial charge in [0.05, 0.1) is 12.4 Å². The number of benzene rings is 1. The monoisotopic (exact) mass is 251 g/mol. The standard InChI is InChI=1S/C14H21NO3/c1-13(2)18-12-16-10-8-15-9-11-17-14-6-4-3-5-7-14/h3-7,15H,1,8-12H2,2H3. The SMILES string of the molecule is C=C(C)OCOCCNCCOc1ccccc1. The lowest BCUT2D eigenvalue weighted by atomic mass is 10.3. The lowest BCUT2D eigenvalue weighted by Crippen LogP contribution is -2.25. The van der Waals surface area contributed by atoms with E-state index in [9.17, 15) is 0 Å². The van der Waals surface area contributed by atoms with Gasteiger partial charge in [0, 0.05) is 13.1 Å². The van der Waals surface area contributed by atoms with Gasteiger partial charge in [-0.25, -0.2) is 0 Å². The summed E-state index contributed by atoms with van der Waals surface area (Å²) < 4.78 is 15.8. The number of ether oxygens (including phenoxy) is 3. The highest BCUT2D eigenvalue weighted by atomic mass is 16.7. The van der Waals surface area contributed by atoms with Crippen molar-refractivity contribution in [3.8, 4) is 5.75 Å². The molecule has 1 aromatic rings. The third-order valence-electron chi connectivity index (χ3n) is 2.10. The molecule has 0 amide bonds. The molecule has 1 N–H and O–H groups in total. The summed E-state index contributed by atoms with van der Waals surface area (Å²) in [5.41, 5.74) is 0. The Balaban J connectivity index is 1.86. The molecule has 1 rings (SSSR count). The van der Waals surface area contributed by atoms with Gasteiger partial charge < -0.3 is 19.5 Å². The molecule has 0 unspecified atom stereocenters. The second-order valence-electron chi connectivity index (χ2n) is 3.78. The molecule has 0 fully saturated rings. The second-order valence-corrected chi connectivity index (χ2v) is 3.78. The van der Waals surface area contributed by atoms with E-state index in [4.69, 9.17) is 14.2 Å². The zero-order chi connectivity index (χ0) is 13.1. The number of para-hydroxylation sites is 1. The molecule has 0 radical (unpaired) electrons. The third-order valence-corrected chi connectivity index (χ3v) is 2.10. The smallest absolute Gasteiger partial charge is 0.188 e. The molecule has 0 aliphatic heterocycles. The van der Waals surface area contributed by atoms with Crippen molar-refractivity contribution in [2.45, 2.75) is 6.92 Å². The van der Waals surface area contributed by atoms with Gasteiger partial charge in [-0.1, -0.05) is 24.8 Å². The van der Waals surface area contributed by atoms with Gasteiger partial charge in [-0.15, -0.1) is 0 Å². The van der Waals surface area contributed by atoms with Crippen LogP contribution in [0.5, 0.6) is 5.75 Å². The highest BCUT2D eigenvalue weighted by molar-refractivity contribution is 5.20. The van der Waals surface area contributed by atoms with Crippen LogP contribution in [-0.4, -0.2) is 33.1 Å². The van der Waals surface area contributed by atoms with Gasteiger partial charge in [-0.3, -0.25) is 0 Å². The van der Waals surface area contributed by atoms with Crippen molar-refractivity contribution in [3.05, 3.63) is 42.7 Å². The molecule has 4 heteroatoms. The molecular weight excluding hydrogens is 230 g/mol. The molecule has 100 valence electrons. The first-order valence-corrected chi connectivity index (χ1v) is 6.03. The minimum absolute atomic E-state index is 0.261. The van der Waals surface area contributed by atoms with E-state index in [1.807, 2.05) is 30.3 Å². The van der Waals surface area contributed by atoms with Crippen LogP contribution in [0.2, 0.25) is 0 Å². The normalized spacial score (nSPS) is 10.1. The second kappa shape index (κ2) is 9.50. The maximum absolute atomic E-state index is 5.53. The number of nitrogens with one attached hydrogen (secondary N) is 1. The summed E-state index contributed by atoms with van der Waals surface area (Å²) in [5.74, 6) is 1.56. The molecule has 0 aromatic heterocycles. The summed E-state index contributed by atoms with van der Waals surface area (Å²) in [6.07, 6.45) is 0. The molecule has 1 aromatic carbocycles. The Morgan fingerprint density at radius 3 is 2.61 bits per heavy atom. The van der Waals surface area contributed by atoms with Crippen LogP contribution >= 0.6 is 0 Å². The van der Waals surface area contributed by atoms with Crippen LogP contribution in [0.4, 0.5) is 0 Å². The highest BCUT2D eigenvalue weighted by Crippen LogP contribution is 2.07. The summed E-state index contributed by atoms with van der Waals surface area (Å²) in [6.45, 7) is 8.49. The van der Waals surface area contributed by atoms with Crippen LogP contribution in [0.25, 0.3) is 0 Å². The molecule has 0 saturated carbocycles. The highest BCUT2D eigenvalue weighted by Gasteiger charge is 1.92. The Hall–Kier alpha value is -1.52. The van der Waals surface area contributed by atoms with Gasteiger partial charge in [0.25, 0.3) is 0 Å². The molecule has 0 atom stereocenters. The fraction of sp³-hybridized carbons (Fsp3) is 0.429. The maximum atomic E-state index is 5.53. The fourth-order valence-corrected chi connectivity index (χ4v) is 1.23. The quantitative estimate of drug-likeness (QED) is 0.393. The number of hydrogen-bond donors (Lipinski definition) is 1. The van der Waals surface area contributed by atoms with Crippen molar-refractivity contribution >= 4 is 0 Å². The Kier molecular flexibility index (Phi) is 7.68. The van der Waals surface area contributed by atoms with E-state index in [0.29, 0.717) is 19.0 Å². The fourth-order valence-electron chi connectivity index (χ4n) is 1.23. The number of allylic oxidation sites excluding steroid dienone is 1. The van der Waals surface area contributed by atoms with Gasteiger partial charge in [-0.05, 0) is 19.1 Å². The Labute approximate surface area is 109 Å². The van der Waals surface area contributed by atoms with Crippen LogP contribution in [0.15, 0.2) is 42.7 Å². The summed E-state index contributed by atoms with van der Waals surface area (Å²) in [4.78, 5) is 0. The average Bonchev–Trinajstić information content (AvgIpc) is 2.37. The van der Waals surface area contributed by atoms with Crippen molar-refractivity contribution in [1.29, 1.82) is 0 Å². The number of hydrogen-bond acceptors (Lipinski definition) is 4. The largest absolute Gasteiger partial charge is 0.492 e. The lowest BCUT2D eigenvalue weighted by Gasteiger charge is -2.08. The third kappa shape index (κ3) is 7.70. The van der Waals surface area contributed by atoms with Gasteiger partial charge in [0.1, 0.15) is 12.4 Å². The van der Waals surface area contributed by atoms with Gasteiger partial charge in [0.15, 0.2) is 6.79 Å². The molecule has 0 bridgehead atoms. The van der Waals surface area contributed by atoms with Crippen LogP contribution in [0.1, 0.15) is 6.92 Å². The van der Waals surface area contributed by atoms with Crippen molar-refractivity contribution in [3.63, 3.8) is 0 Å². The Morgan fingerprint density at radius 1 is 1.17 bits per heavy atom. The van der Waals surface area contributed by atoms with Crippen molar-refractivity contribution < 1.29 is 14.2 Å².